The van der Waals surface area contributed by atoms with Crippen LogP contribution in [0.15, 0.2) is 24.3 Å². The molecule has 1 aromatic rings. The minimum atomic E-state index is -0.526. The first kappa shape index (κ1) is 12.9. The minimum absolute atomic E-state index is 0.0855. The normalized spacial score (nSPS) is 17.9. The van der Waals surface area contributed by atoms with Crippen molar-refractivity contribution >= 4 is 5.91 Å². The van der Waals surface area contributed by atoms with E-state index in [9.17, 15) is 4.79 Å². The first-order valence-electron chi connectivity index (χ1n) is 6.11. The molecule has 1 N–H and O–H groups in total. The van der Waals surface area contributed by atoms with Gasteiger partial charge in [0.15, 0.2) is 0 Å². The highest BCUT2D eigenvalue weighted by molar-refractivity contribution is 5.87. The summed E-state index contributed by atoms with van der Waals surface area (Å²) < 4.78 is 5.14. The van der Waals surface area contributed by atoms with Crippen molar-refractivity contribution in [3.63, 3.8) is 0 Å². The Hall–Kier alpha value is -1.55. The average molecular weight is 249 g/mol. The van der Waals surface area contributed by atoms with Crippen molar-refractivity contribution in [3.8, 4) is 5.75 Å². The molecule has 4 nitrogen and oxygen atoms in total. The van der Waals surface area contributed by atoms with Gasteiger partial charge in [0.05, 0.1) is 19.6 Å². The van der Waals surface area contributed by atoms with E-state index in [0.717, 1.165) is 24.2 Å². The molecule has 98 valence electrons. The predicted octanol–water partition coefficient (Wildman–Crippen LogP) is 2.04. The molecule has 4 heteroatoms. The molecule has 1 amide bonds. The second-order valence-corrected chi connectivity index (χ2v) is 4.84. The van der Waals surface area contributed by atoms with Crippen LogP contribution in [0.3, 0.4) is 0 Å². The van der Waals surface area contributed by atoms with E-state index in [2.05, 4.69) is 5.48 Å². The SMILES string of the molecule is CONC(=O)C(C)(c1ccc(OC)cc1)C1CC1. The van der Waals surface area contributed by atoms with Crippen LogP contribution in [0.4, 0.5) is 0 Å². The van der Waals surface area contributed by atoms with Gasteiger partial charge < -0.3 is 4.74 Å². The number of nitrogens with one attached hydrogen (secondary N) is 1. The van der Waals surface area contributed by atoms with Gasteiger partial charge in [-0.05, 0) is 43.4 Å². The standard InChI is InChI=1S/C14H19NO3/c1-14(10-4-5-10,13(16)15-18-3)11-6-8-12(17-2)9-7-11/h6-10H,4-5H2,1-3H3,(H,15,16). The number of methoxy groups -OCH3 is 1. The van der Waals surface area contributed by atoms with E-state index in [1.165, 1.54) is 7.11 Å². The molecule has 1 aliphatic rings. The Balaban J connectivity index is 2.31. The van der Waals surface area contributed by atoms with Crippen LogP contribution in [0.1, 0.15) is 25.3 Å². The molecule has 0 bridgehead atoms. The summed E-state index contributed by atoms with van der Waals surface area (Å²) in [7, 11) is 3.09. The lowest BCUT2D eigenvalue weighted by Crippen LogP contribution is -2.43. The number of benzene rings is 1. The van der Waals surface area contributed by atoms with Crippen molar-refractivity contribution in [1.82, 2.24) is 5.48 Å². The topological polar surface area (TPSA) is 47.6 Å². The lowest BCUT2D eigenvalue weighted by Gasteiger charge is -2.28. The largest absolute Gasteiger partial charge is 0.497 e. The lowest BCUT2D eigenvalue weighted by atomic mass is 9.77. The zero-order valence-corrected chi connectivity index (χ0v) is 11.0. The first-order valence-corrected chi connectivity index (χ1v) is 6.11. The molecule has 0 aliphatic heterocycles. The number of carbonyl (C=O) groups excluding carboxylic acids is 1. The van der Waals surface area contributed by atoms with E-state index < -0.39 is 5.41 Å². The van der Waals surface area contributed by atoms with E-state index in [1.807, 2.05) is 31.2 Å². The third-order valence-electron chi connectivity index (χ3n) is 3.75. The van der Waals surface area contributed by atoms with E-state index >= 15 is 0 Å². The second kappa shape index (κ2) is 4.98. The van der Waals surface area contributed by atoms with Crippen LogP contribution in [-0.2, 0) is 15.0 Å². The Morgan fingerprint density at radius 3 is 2.33 bits per heavy atom. The van der Waals surface area contributed by atoms with Gasteiger partial charge >= 0.3 is 0 Å². The smallest absolute Gasteiger partial charge is 0.254 e. The van der Waals surface area contributed by atoms with E-state index in [4.69, 9.17) is 9.57 Å². The maximum atomic E-state index is 12.2. The van der Waals surface area contributed by atoms with Crippen LogP contribution in [0.2, 0.25) is 0 Å². The van der Waals surface area contributed by atoms with Crippen molar-refractivity contribution in [2.45, 2.75) is 25.2 Å². The molecule has 0 aromatic heterocycles. The Morgan fingerprint density at radius 1 is 1.28 bits per heavy atom. The molecule has 1 saturated carbocycles. The Morgan fingerprint density at radius 2 is 1.89 bits per heavy atom. The van der Waals surface area contributed by atoms with Gasteiger partial charge in [-0.15, -0.1) is 0 Å². The van der Waals surface area contributed by atoms with Crippen LogP contribution in [-0.4, -0.2) is 20.1 Å². The van der Waals surface area contributed by atoms with Crippen LogP contribution in [0.25, 0.3) is 0 Å². The third kappa shape index (κ3) is 2.20. The van der Waals surface area contributed by atoms with Crippen LogP contribution in [0, 0.1) is 5.92 Å². The number of hydrogen-bond donors (Lipinski definition) is 1. The van der Waals surface area contributed by atoms with E-state index in [1.54, 1.807) is 7.11 Å². The molecular weight excluding hydrogens is 230 g/mol. The van der Waals surface area contributed by atoms with Gasteiger partial charge in [-0.3, -0.25) is 9.63 Å². The monoisotopic (exact) mass is 249 g/mol. The highest BCUT2D eigenvalue weighted by Gasteiger charge is 2.48. The van der Waals surface area contributed by atoms with Crippen LogP contribution < -0.4 is 10.2 Å². The molecule has 0 heterocycles. The fourth-order valence-corrected chi connectivity index (χ4v) is 2.35. The second-order valence-electron chi connectivity index (χ2n) is 4.84. The van der Waals surface area contributed by atoms with E-state index in [0.29, 0.717) is 5.92 Å². The molecule has 2 rings (SSSR count). The molecular formula is C14H19NO3. The summed E-state index contributed by atoms with van der Waals surface area (Å²) in [5, 5.41) is 0. The fourth-order valence-electron chi connectivity index (χ4n) is 2.35. The molecule has 1 fully saturated rings. The van der Waals surface area contributed by atoms with Gasteiger partial charge in [-0.1, -0.05) is 12.1 Å². The zero-order chi connectivity index (χ0) is 13.2. The Labute approximate surface area is 107 Å². The van der Waals surface area contributed by atoms with Gasteiger partial charge in [0.2, 0.25) is 0 Å². The molecule has 1 aromatic carbocycles. The van der Waals surface area contributed by atoms with E-state index in [-0.39, 0.29) is 5.91 Å². The highest BCUT2D eigenvalue weighted by Crippen LogP contribution is 2.47. The summed E-state index contributed by atoms with van der Waals surface area (Å²) in [5.74, 6) is 1.10. The van der Waals surface area contributed by atoms with Crippen molar-refractivity contribution < 1.29 is 14.4 Å². The highest BCUT2D eigenvalue weighted by atomic mass is 16.6. The van der Waals surface area contributed by atoms with Crippen molar-refractivity contribution in [2.24, 2.45) is 5.92 Å². The van der Waals surface area contributed by atoms with Crippen LogP contribution >= 0.6 is 0 Å². The van der Waals surface area contributed by atoms with Gasteiger partial charge in [-0.2, -0.15) is 0 Å². The maximum absolute atomic E-state index is 12.2. The van der Waals surface area contributed by atoms with Crippen molar-refractivity contribution in [2.75, 3.05) is 14.2 Å². The van der Waals surface area contributed by atoms with Gasteiger partial charge in [0, 0.05) is 0 Å². The number of amides is 1. The molecule has 1 unspecified atom stereocenters. The molecule has 1 aliphatic carbocycles. The summed E-state index contributed by atoms with van der Waals surface area (Å²) in [6.07, 6.45) is 2.17. The molecule has 1 atom stereocenters. The average Bonchev–Trinajstić information content (AvgIpc) is 3.23. The summed E-state index contributed by atoms with van der Waals surface area (Å²) in [5.41, 5.74) is 2.94. The van der Waals surface area contributed by atoms with Crippen LogP contribution in [0.5, 0.6) is 5.75 Å². The van der Waals surface area contributed by atoms with Crippen molar-refractivity contribution in [1.29, 1.82) is 0 Å². The number of hydrogen-bond acceptors (Lipinski definition) is 3. The Bertz CT molecular complexity index is 425. The molecule has 0 radical (unpaired) electrons. The molecule has 0 spiro atoms. The number of rotatable bonds is 5. The first-order chi connectivity index (χ1) is 8.62. The lowest BCUT2D eigenvalue weighted by molar-refractivity contribution is -0.137. The number of ether oxygens (including phenoxy) is 1. The summed E-state index contributed by atoms with van der Waals surface area (Å²) in [4.78, 5) is 17.0. The molecule has 18 heavy (non-hydrogen) atoms. The maximum Gasteiger partial charge on any atom is 0.254 e. The number of hydroxylamine groups is 1. The Kier molecular flexibility index (Phi) is 3.57. The summed E-state index contributed by atoms with van der Waals surface area (Å²) >= 11 is 0. The van der Waals surface area contributed by atoms with Gasteiger partial charge in [0.25, 0.3) is 5.91 Å². The fraction of sp³-hybridized carbons (Fsp3) is 0.500. The third-order valence-corrected chi connectivity index (χ3v) is 3.75. The van der Waals surface area contributed by atoms with Crippen molar-refractivity contribution in [3.05, 3.63) is 29.8 Å². The molecule has 0 saturated heterocycles. The number of carbonyl (C=O) groups is 1. The predicted molar refractivity (Wildman–Crippen MR) is 68.2 cm³/mol. The van der Waals surface area contributed by atoms with Gasteiger partial charge in [0.1, 0.15) is 5.75 Å². The zero-order valence-electron chi connectivity index (χ0n) is 11.0. The summed E-state index contributed by atoms with van der Waals surface area (Å²) in [6.45, 7) is 1.97. The summed E-state index contributed by atoms with van der Waals surface area (Å²) in [6, 6.07) is 7.67. The quantitative estimate of drug-likeness (QED) is 0.812. The minimum Gasteiger partial charge on any atom is -0.497 e. The van der Waals surface area contributed by atoms with Gasteiger partial charge in [-0.25, -0.2) is 5.48 Å².